The molecule has 0 amide bonds. The Morgan fingerprint density at radius 3 is 0.886 bits per heavy atom. The molecule has 7 nitrogen and oxygen atoms in total. The van der Waals surface area contributed by atoms with Crippen LogP contribution in [0.3, 0.4) is 0 Å². The van der Waals surface area contributed by atoms with Gasteiger partial charge >= 0.3 is 0 Å². The highest BCUT2D eigenvalue weighted by Crippen LogP contribution is 2.56. The molecule has 0 N–H and O–H groups in total. The van der Waals surface area contributed by atoms with Crippen LogP contribution in [0.15, 0.2) is 4.90 Å². The van der Waals surface area contributed by atoms with Gasteiger partial charge in [0.2, 0.25) is 17.2 Å². The topological polar surface area (TPSA) is 80.3 Å². The highest BCUT2D eigenvalue weighted by molar-refractivity contribution is 8.14. The molecule has 1 aromatic rings. The summed E-state index contributed by atoms with van der Waals surface area (Å²) in [7, 11) is 1.69. The van der Waals surface area contributed by atoms with Crippen LogP contribution >= 0.6 is 10.7 Å². The molecule has 0 aromatic heterocycles. The molecule has 1 aromatic carbocycles. The number of halogens is 1. The zero-order chi connectivity index (χ0) is 26.9. The fourth-order valence-corrected chi connectivity index (χ4v) is 3.91. The highest BCUT2D eigenvalue weighted by Gasteiger charge is 2.37. The van der Waals surface area contributed by atoms with Crippen LogP contribution in [-0.4, -0.2) is 41.5 Å². The van der Waals surface area contributed by atoms with Crippen molar-refractivity contribution in [3.05, 3.63) is 0 Å². The maximum atomic E-state index is 13.0. The van der Waals surface area contributed by atoms with Gasteiger partial charge in [0.1, 0.15) is 0 Å². The van der Waals surface area contributed by atoms with Crippen molar-refractivity contribution in [2.24, 2.45) is 29.6 Å². The molecule has 35 heavy (non-hydrogen) atoms. The Morgan fingerprint density at radius 1 is 0.486 bits per heavy atom. The highest BCUT2D eigenvalue weighted by atomic mass is 35.7. The SMILES string of the molecule is CC(C)COc1c(OCC(C)C)c(OCC(C)C)c(S(=O)(=O)Cl)c(OCC(C)C)c1OCC(C)C. The number of benzene rings is 1. The van der Waals surface area contributed by atoms with Crippen molar-refractivity contribution in [3.8, 4) is 28.7 Å². The first-order valence-electron chi connectivity index (χ1n) is 12.5. The summed E-state index contributed by atoms with van der Waals surface area (Å²) in [6, 6.07) is 0. The van der Waals surface area contributed by atoms with E-state index in [1.807, 2.05) is 69.2 Å². The average Bonchev–Trinajstić information content (AvgIpc) is 2.70. The molecule has 0 heterocycles. The van der Waals surface area contributed by atoms with Crippen molar-refractivity contribution < 1.29 is 32.1 Å². The van der Waals surface area contributed by atoms with Crippen LogP contribution in [0.1, 0.15) is 69.2 Å². The standard InChI is InChI=1S/C26H45ClO7S/c1-16(2)11-30-21-22(31-12-17(3)4)24(33-14-19(7)8)26(35(27,28)29)25(34-15-20(9)10)23(21)32-13-18(5)6/h16-20H,11-15H2,1-10H3. The Bertz CT molecular complexity index is 844. The molecule has 0 aliphatic rings. The van der Waals surface area contributed by atoms with Crippen LogP contribution in [0.4, 0.5) is 0 Å². The maximum absolute atomic E-state index is 13.0. The summed E-state index contributed by atoms with van der Waals surface area (Å²) in [5.74, 6) is 1.34. The fourth-order valence-electron chi connectivity index (χ4n) is 2.75. The van der Waals surface area contributed by atoms with E-state index in [-0.39, 0.29) is 76.4 Å². The van der Waals surface area contributed by atoms with Gasteiger partial charge in [0.05, 0.1) is 33.0 Å². The van der Waals surface area contributed by atoms with Crippen LogP contribution in [0.5, 0.6) is 28.7 Å². The summed E-state index contributed by atoms with van der Waals surface area (Å²) in [6.45, 7) is 21.4. The number of hydrogen-bond donors (Lipinski definition) is 0. The van der Waals surface area contributed by atoms with E-state index < -0.39 is 9.05 Å². The van der Waals surface area contributed by atoms with Gasteiger partial charge in [0, 0.05) is 10.7 Å². The van der Waals surface area contributed by atoms with Gasteiger partial charge in [-0.05, 0) is 29.6 Å². The summed E-state index contributed by atoms with van der Waals surface area (Å²) in [5, 5.41) is 0. The zero-order valence-electron chi connectivity index (χ0n) is 23.1. The largest absolute Gasteiger partial charge is 0.488 e. The Morgan fingerprint density at radius 2 is 0.686 bits per heavy atom. The molecule has 204 valence electrons. The molecule has 0 fully saturated rings. The molecule has 0 unspecified atom stereocenters. The minimum absolute atomic E-state index is 0.0104. The number of ether oxygens (including phenoxy) is 5. The van der Waals surface area contributed by atoms with Crippen molar-refractivity contribution in [2.45, 2.75) is 74.1 Å². The molecule has 0 saturated heterocycles. The van der Waals surface area contributed by atoms with Crippen LogP contribution < -0.4 is 23.7 Å². The Kier molecular flexibility index (Phi) is 12.8. The van der Waals surface area contributed by atoms with Gasteiger partial charge in [-0.1, -0.05) is 69.2 Å². The van der Waals surface area contributed by atoms with Crippen LogP contribution in [0.25, 0.3) is 0 Å². The lowest BCUT2D eigenvalue weighted by molar-refractivity contribution is 0.176. The first-order valence-corrected chi connectivity index (χ1v) is 14.8. The first kappa shape index (κ1) is 31.5. The first-order chi connectivity index (χ1) is 16.1. The van der Waals surface area contributed by atoms with E-state index in [4.69, 9.17) is 34.4 Å². The van der Waals surface area contributed by atoms with Gasteiger partial charge in [0.25, 0.3) is 9.05 Å². The Hall–Kier alpha value is -1.54. The lowest BCUT2D eigenvalue weighted by atomic mass is 10.2. The van der Waals surface area contributed by atoms with Crippen molar-refractivity contribution in [1.29, 1.82) is 0 Å². The molecule has 0 radical (unpaired) electrons. The normalized spacial score (nSPS) is 12.2. The quantitative estimate of drug-likeness (QED) is 0.215. The minimum Gasteiger partial charge on any atom is -0.488 e. The van der Waals surface area contributed by atoms with Crippen molar-refractivity contribution >= 4 is 19.7 Å². The van der Waals surface area contributed by atoms with Crippen LogP contribution in [-0.2, 0) is 9.05 Å². The third-order valence-electron chi connectivity index (χ3n) is 4.29. The van der Waals surface area contributed by atoms with E-state index in [1.54, 1.807) is 0 Å². The molecule has 0 spiro atoms. The van der Waals surface area contributed by atoms with Crippen LogP contribution in [0, 0.1) is 29.6 Å². The lowest BCUT2D eigenvalue weighted by Gasteiger charge is -2.26. The fraction of sp³-hybridized carbons (Fsp3) is 0.769. The third-order valence-corrected chi connectivity index (χ3v) is 5.61. The van der Waals surface area contributed by atoms with E-state index in [1.165, 1.54) is 0 Å². The molecule has 0 aliphatic carbocycles. The van der Waals surface area contributed by atoms with Crippen LogP contribution in [0.2, 0.25) is 0 Å². The summed E-state index contributed by atoms with van der Waals surface area (Å²) in [4.78, 5) is -0.296. The molecule has 9 heteroatoms. The monoisotopic (exact) mass is 536 g/mol. The Balaban J connectivity index is 4.08. The maximum Gasteiger partial charge on any atom is 0.269 e. The number of hydrogen-bond acceptors (Lipinski definition) is 7. The molecular weight excluding hydrogens is 492 g/mol. The van der Waals surface area contributed by atoms with Crippen molar-refractivity contribution in [1.82, 2.24) is 0 Å². The van der Waals surface area contributed by atoms with E-state index in [9.17, 15) is 8.42 Å². The summed E-state index contributed by atoms with van der Waals surface area (Å²) in [6.07, 6.45) is 0. The van der Waals surface area contributed by atoms with E-state index >= 15 is 0 Å². The van der Waals surface area contributed by atoms with E-state index in [0.717, 1.165) is 0 Å². The molecule has 0 saturated carbocycles. The molecular formula is C26H45ClO7S. The lowest BCUT2D eigenvalue weighted by Crippen LogP contribution is -2.17. The molecule has 0 atom stereocenters. The van der Waals surface area contributed by atoms with Gasteiger partial charge < -0.3 is 23.7 Å². The molecule has 1 rings (SSSR count). The van der Waals surface area contributed by atoms with Gasteiger partial charge in [-0.2, -0.15) is 0 Å². The van der Waals surface area contributed by atoms with Gasteiger partial charge in [-0.15, -0.1) is 0 Å². The average molecular weight is 537 g/mol. The summed E-state index contributed by atoms with van der Waals surface area (Å²) in [5.41, 5.74) is 0. The number of rotatable bonds is 16. The van der Waals surface area contributed by atoms with Gasteiger partial charge in [0.15, 0.2) is 16.4 Å². The minimum atomic E-state index is -4.32. The zero-order valence-corrected chi connectivity index (χ0v) is 24.6. The smallest absolute Gasteiger partial charge is 0.269 e. The summed E-state index contributed by atoms with van der Waals surface area (Å²) < 4.78 is 56.6. The molecule has 0 aliphatic heterocycles. The van der Waals surface area contributed by atoms with E-state index in [0.29, 0.717) is 19.8 Å². The predicted octanol–water partition coefficient (Wildman–Crippen LogP) is 6.79. The summed E-state index contributed by atoms with van der Waals surface area (Å²) >= 11 is 0. The second-order valence-corrected chi connectivity index (χ2v) is 13.4. The van der Waals surface area contributed by atoms with Gasteiger partial charge in [-0.3, -0.25) is 0 Å². The van der Waals surface area contributed by atoms with Crippen molar-refractivity contribution in [2.75, 3.05) is 33.0 Å². The van der Waals surface area contributed by atoms with Gasteiger partial charge in [-0.25, -0.2) is 8.42 Å². The predicted molar refractivity (Wildman–Crippen MR) is 141 cm³/mol. The second-order valence-electron chi connectivity index (χ2n) is 10.9. The molecule has 0 bridgehead atoms. The second kappa shape index (κ2) is 14.3. The van der Waals surface area contributed by atoms with Crippen molar-refractivity contribution in [3.63, 3.8) is 0 Å². The van der Waals surface area contributed by atoms with E-state index in [2.05, 4.69) is 0 Å². The third kappa shape index (κ3) is 10.5. The Labute approximate surface area is 217 Å².